The van der Waals surface area contributed by atoms with Crippen molar-refractivity contribution in [2.45, 2.75) is 44.4 Å². The molecule has 1 aliphatic heterocycles. The van der Waals surface area contributed by atoms with Gasteiger partial charge in [0, 0.05) is 23.1 Å². The van der Waals surface area contributed by atoms with E-state index in [-0.39, 0.29) is 5.41 Å². The predicted molar refractivity (Wildman–Crippen MR) is 91.6 cm³/mol. The monoisotopic (exact) mass is 295 g/mol. The van der Waals surface area contributed by atoms with Crippen molar-refractivity contribution >= 4 is 0 Å². The summed E-state index contributed by atoms with van der Waals surface area (Å²) in [6.45, 7) is 2.87. The van der Waals surface area contributed by atoms with Crippen molar-refractivity contribution in [2.75, 3.05) is 6.54 Å². The summed E-state index contributed by atoms with van der Waals surface area (Å²) in [5, 5.41) is 0. The lowest BCUT2D eigenvalue weighted by Crippen LogP contribution is -2.38. The minimum Gasteiger partial charge on any atom is -0.457 e. The zero-order valence-electron chi connectivity index (χ0n) is 13.3. The lowest BCUT2D eigenvalue weighted by molar-refractivity contribution is 0.369. The van der Waals surface area contributed by atoms with Crippen LogP contribution < -0.4 is 10.5 Å². The summed E-state index contributed by atoms with van der Waals surface area (Å²) in [6.07, 6.45) is 6.10. The maximum atomic E-state index is 6.33. The third-order valence-electron chi connectivity index (χ3n) is 4.83. The maximum Gasteiger partial charge on any atom is 0.131 e. The molecule has 0 aliphatic carbocycles. The fourth-order valence-corrected chi connectivity index (χ4v) is 3.61. The highest BCUT2D eigenvalue weighted by Crippen LogP contribution is 2.49. The highest BCUT2D eigenvalue weighted by Gasteiger charge is 2.40. The largest absolute Gasteiger partial charge is 0.457 e. The van der Waals surface area contributed by atoms with Gasteiger partial charge in [0.25, 0.3) is 0 Å². The van der Waals surface area contributed by atoms with Gasteiger partial charge < -0.3 is 10.5 Å². The van der Waals surface area contributed by atoms with Gasteiger partial charge in [-0.15, -0.1) is 0 Å². The fraction of sp³-hybridized carbons (Fsp3) is 0.400. The summed E-state index contributed by atoms with van der Waals surface area (Å²) in [6, 6.07) is 16.7. The number of benzene rings is 2. The van der Waals surface area contributed by atoms with E-state index in [4.69, 9.17) is 10.5 Å². The molecule has 0 spiro atoms. The smallest absolute Gasteiger partial charge is 0.131 e. The van der Waals surface area contributed by atoms with Gasteiger partial charge in [0.2, 0.25) is 0 Å². The molecule has 0 saturated heterocycles. The number of ether oxygens (including phenoxy) is 1. The Kier molecular flexibility index (Phi) is 4.49. The highest BCUT2D eigenvalue weighted by molar-refractivity contribution is 5.57. The van der Waals surface area contributed by atoms with Gasteiger partial charge in [-0.2, -0.15) is 0 Å². The van der Waals surface area contributed by atoms with Gasteiger partial charge in [-0.3, -0.25) is 0 Å². The van der Waals surface area contributed by atoms with E-state index in [0.717, 1.165) is 17.9 Å². The number of hydrogen-bond donors (Lipinski definition) is 1. The van der Waals surface area contributed by atoms with Crippen LogP contribution in [0.15, 0.2) is 48.5 Å². The van der Waals surface area contributed by atoms with Crippen molar-refractivity contribution in [1.29, 1.82) is 0 Å². The average molecular weight is 295 g/mol. The molecule has 0 unspecified atom stereocenters. The van der Waals surface area contributed by atoms with Crippen LogP contribution >= 0.6 is 0 Å². The second-order valence-electron chi connectivity index (χ2n) is 6.19. The quantitative estimate of drug-likeness (QED) is 0.760. The molecule has 0 saturated carbocycles. The van der Waals surface area contributed by atoms with Gasteiger partial charge in [-0.05, 0) is 18.6 Å². The summed E-state index contributed by atoms with van der Waals surface area (Å²) >= 11 is 0. The summed E-state index contributed by atoms with van der Waals surface area (Å²) < 4.78 is 6.11. The molecule has 1 aliphatic rings. The van der Waals surface area contributed by atoms with E-state index >= 15 is 0 Å². The normalized spacial score (nSPS) is 14.8. The minimum absolute atomic E-state index is 0.112. The third-order valence-corrected chi connectivity index (χ3v) is 4.83. The molecule has 0 radical (unpaired) electrons. The van der Waals surface area contributed by atoms with Crippen LogP contribution in [0.1, 0.15) is 50.2 Å². The summed E-state index contributed by atoms with van der Waals surface area (Å²) in [4.78, 5) is 0. The molecule has 0 atom stereocenters. The van der Waals surface area contributed by atoms with Crippen LogP contribution in [-0.4, -0.2) is 6.54 Å². The van der Waals surface area contributed by atoms with E-state index in [1.807, 2.05) is 12.1 Å². The van der Waals surface area contributed by atoms with Crippen molar-refractivity contribution in [1.82, 2.24) is 0 Å². The molecule has 2 nitrogen and oxygen atoms in total. The Hall–Kier alpha value is -1.80. The minimum atomic E-state index is -0.112. The number of para-hydroxylation sites is 2. The average Bonchev–Trinajstić information content (AvgIpc) is 2.58. The number of hydrogen-bond acceptors (Lipinski definition) is 2. The van der Waals surface area contributed by atoms with Crippen molar-refractivity contribution in [2.24, 2.45) is 5.73 Å². The molecule has 2 N–H and O–H groups in total. The summed E-state index contributed by atoms with van der Waals surface area (Å²) in [7, 11) is 0. The first-order chi connectivity index (χ1) is 10.8. The predicted octanol–water partition coefficient (Wildman–Crippen LogP) is 5.01. The van der Waals surface area contributed by atoms with Gasteiger partial charge in [-0.1, -0.05) is 69.0 Å². The Morgan fingerprint density at radius 1 is 0.864 bits per heavy atom. The number of nitrogens with two attached hydrogens (primary N) is 1. The molecule has 0 aromatic heterocycles. The van der Waals surface area contributed by atoms with Gasteiger partial charge in [-0.25, -0.2) is 0 Å². The Morgan fingerprint density at radius 2 is 1.45 bits per heavy atom. The zero-order valence-corrected chi connectivity index (χ0v) is 13.3. The third kappa shape index (κ3) is 2.52. The van der Waals surface area contributed by atoms with Crippen LogP contribution in [0.2, 0.25) is 0 Å². The Labute approximate surface area is 133 Å². The molecule has 2 aromatic rings. The molecule has 2 aromatic carbocycles. The van der Waals surface area contributed by atoms with Crippen molar-refractivity contribution in [3.8, 4) is 11.5 Å². The van der Waals surface area contributed by atoms with Crippen molar-refractivity contribution in [3.63, 3.8) is 0 Å². The van der Waals surface area contributed by atoms with Gasteiger partial charge in [0.1, 0.15) is 11.5 Å². The van der Waals surface area contributed by atoms with Crippen LogP contribution in [0.3, 0.4) is 0 Å². The first-order valence-electron chi connectivity index (χ1n) is 8.39. The lowest BCUT2D eigenvalue weighted by Gasteiger charge is -2.39. The van der Waals surface area contributed by atoms with E-state index < -0.39 is 0 Å². The van der Waals surface area contributed by atoms with E-state index in [0.29, 0.717) is 6.54 Å². The summed E-state index contributed by atoms with van der Waals surface area (Å²) in [5.41, 5.74) is 8.70. The van der Waals surface area contributed by atoms with Gasteiger partial charge >= 0.3 is 0 Å². The topological polar surface area (TPSA) is 35.2 Å². The Morgan fingerprint density at radius 3 is 2.00 bits per heavy atom. The van der Waals surface area contributed by atoms with E-state index in [9.17, 15) is 0 Å². The van der Waals surface area contributed by atoms with Crippen LogP contribution in [-0.2, 0) is 5.41 Å². The molecule has 3 rings (SSSR count). The second-order valence-corrected chi connectivity index (χ2v) is 6.19. The molecular weight excluding hydrogens is 270 g/mol. The van der Waals surface area contributed by atoms with Crippen LogP contribution in [0.25, 0.3) is 0 Å². The number of fused-ring (bicyclic) bond motifs is 2. The maximum absolute atomic E-state index is 6.33. The van der Waals surface area contributed by atoms with E-state index in [2.05, 4.69) is 43.3 Å². The Bertz CT molecular complexity index is 590. The molecule has 0 amide bonds. The first-order valence-corrected chi connectivity index (χ1v) is 8.39. The molecule has 22 heavy (non-hydrogen) atoms. The highest BCUT2D eigenvalue weighted by atomic mass is 16.5. The number of rotatable bonds is 6. The zero-order chi connectivity index (χ0) is 15.4. The van der Waals surface area contributed by atoms with Gasteiger partial charge in [0.05, 0.1) is 0 Å². The van der Waals surface area contributed by atoms with Crippen molar-refractivity contribution < 1.29 is 4.74 Å². The lowest BCUT2D eigenvalue weighted by atomic mass is 9.69. The fourth-order valence-electron chi connectivity index (χ4n) is 3.61. The van der Waals surface area contributed by atoms with Gasteiger partial charge in [0.15, 0.2) is 0 Å². The molecular formula is C20H25NO. The summed E-state index contributed by atoms with van der Waals surface area (Å²) in [5.74, 6) is 1.92. The molecule has 2 heteroatoms. The molecule has 116 valence electrons. The van der Waals surface area contributed by atoms with E-state index in [1.165, 1.54) is 36.8 Å². The van der Waals surface area contributed by atoms with Crippen LogP contribution in [0, 0.1) is 0 Å². The molecule has 0 bridgehead atoms. The molecule has 1 heterocycles. The molecule has 0 fully saturated rings. The standard InChI is InChI=1S/C20H25NO/c1-2-3-4-9-14-20(15-21)16-10-5-7-12-18(16)22-19-13-8-6-11-17(19)20/h5-8,10-13H,2-4,9,14-15,21H2,1H3. The van der Waals surface area contributed by atoms with Crippen LogP contribution in [0.5, 0.6) is 11.5 Å². The Balaban J connectivity index is 2.03. The van der Waals surface area contributed by atoms with E-state index in [1.54, 1.807) is 0 Å². The second kappa shape index (κ2) is 6.53. The first kappa shape index (κ1) is 15.1. The van der Waals surface area contributed by atoms with Crippen molar-refractivity contribution in [3.05, 3.63) is 59.7 Å². The SMILES string of the molecule is CCCCCCC1(CN)c2ccccc2Oc2ccccc21. The number of unbranched alkanes of at least 4 members (excludes halogenated alkanes) is 3. The van der Waals surface area contributed by atoms with Crippen LogP contribution in [0.4, 0.5) is 0 Å².